The molecular weight excluding hydrogens is 877 g/mol. The Kier molecular flexibility index (Phi) is 0. The van der Waals surface area contributed by atoms with Gasteiger partial charge in [0.05, 0.1) is 0 Å². The molecule has 0 saturated carbocycles. The third kappa shape index (κ3) is 0. The Morgan fingerprint density at radius 3 is 0.0274 bits per heavy atom. The molecule has 0 amide bonds. The van der Waals surface area contributed by atoms with Gasteiger partial charge in [-0.05, 0) is 0 Å². The first-order chi connectivity index (χ1) is 0. The van der Waals surface area contributed by atoms with E-state index in [4.69, 9.17) is 0 Å². The molecule has 0 heterocycles. The monoisotopic (exact) mass is 1340 g/mol. The maximum absolute atomic E-state index is 0. The van der Waals surface area contributed by atoms with Gasteiger partial charge < -0.3 is 0 Å². The molecule has 0 aromatic rings. The summed E-state index contributed by atoms with van der Waals surface area (Å²) in [6.07, 6.45) is 0. The molecule has 0 atom stereocenters. The van der Waals surface area contributed by atoms with Crippen molar-refractivity contribution in [2.45, 2.75) is 542 Å². The van der Waals surface area contributed by atoms with E-state index in [0.717, 1.165) is 0 Å². The highest BCUT2D eigenvalue weighted by molar-refractivity contribution is 2.57. The summed E-state index contributed by atoms with van der Waals surface area (Å²) in [4.78, 5) is 0. The normalized spacial score (nSPS) is 0. The van der Waals surface area contributed by atoms with Crippen LogP contribution in [0, 0.1) is 0 Å². The minimum atomic E-state index is 0. The van der Waals surface area contributed by atoms with Gasteiger partial charge in [0, 0.05) is 58.5 Å². The number of hydrogen-bond donors (Lipinski definition) is 0. The predicted octanol–water partition coefficient (Wildman–Crippen LogP) is 56.5. The molecule has 0 unspecified atom stereocenters. The Balaban J connectivity index is 0. The van der Waals surface area contributed by atoms with Crippen LogP contribution < -0.4 is 0 Å². The third-order valence-corrected chi connectivity index (χ3v) is 0. The average molecular weight is 1340 g/mol. The van der Waals surface area contributed by atoms with E-state index < -0.39 is 0 Å². The van der Waals surface area contributed by atoms with E-state index in [2.05, 4.69) is 0 Å². The molecule has 0 heteroatoms. The van der Waals surface area contributed by atoms with Crippen LogP contribution in [0.25, 0.3) is 0 Å². The SMILES string of the molecule is C.C.C.C.C.C.C.C.C.C.C.C.C.C.C.C.C.C.C.C.C.C.C.C.C.C.C.C.C.C.C.C.C.C.C.C.C.C.C.C.C.C.C.C.C.C.C.C.C.C.C.C.C.C.C.C.C.C.C.C.C.C.C.C.C.C.C.C.C.C.C.C.C.[3HH].[3HH].[3HH].[3HH].[3HH].[3HH].[3HH].[3HH].[3HH].[3HH].[3HH].[3HH].[3HH].[3HH].[3HH].[3HH].[3HH].[3HH].[3HH].[3HH].[3HH].[3HH].[3HH].[3HH].[3HH].[3HH].[3HH].[3HH].[3HH].[3HH].[3HH].[3HH].[3HH].[3HH].[3HH].[3HH].[3HH].[3HH].[3HH].[3HH].[3HH]. The molecule has 666 valence electrons. The Hall–Kier alpha value is 0. The summed E-state index contributed by atoms with van der Waals surface area (Å²) >= 11 is 0. The van der Waals surface area contributed by atoms with Crippen LogP contribution in [-0.2, 0) is 0 Å². The van der Waals surface area contributed by atoms with Crippen LogP contribution in [0.5, 0.6) is 0 Å². The molecule has 0 aromatic carbocycles. The van der Waals surface area contributed by atoms with E-state index in [0.29, 0.717) is 0 Å². The summed E-state index contributed by atoms with van der Waals surface area (Å²) < 4.78 is 0. The lowest BCUT2D eigenvalue weighted by molar-refractivity contribution is 2.50. The smallest absolute Gasteiger partial charge is 0 e. The first-order valence-corrected chi connectivity index (χ1v) is 0. The fraction of sp³-hybridized carbons (Fsp3) is 1.00. The molecule has 0 aliphatic carbocycles. The van der Waals surface area contributed by atoms with Gasteiger partial charge in [0.1, 0.15) is 0 Å². The quantitative estimate of drug-likeness (QED) is 0.227. The van der Waals surface area contributed by atoms with Crippen molar-refractivity contribution in [3.8, 4) is 0 Å². The Morgan fingerprint density at radius 2 is 0.0274 bits per heavy atom. The summed E-state index contributed by atoms with van der Waals surface area (Å²) in [5, 5.41) is 0. The van der Waals surface area contributed by atoms with Crippen LogP contribution in [0.3, 0.4) is 0 Å². The summed E-state index contributed by atoms with van der Waals surface area (Å²) in [7, 11) is 0. The van der Waals surface area contributed by atoms with Gasteiger partial charge in [-0.3, -0.25) is 0 Å². The lowest BCUT2D eigenvalue weighted by Crippen LogP contribution is 0.143. The van der Waals surface area contributed by atoms with Crippen LogP contribution >= 0.6 is 0 Å². The molecule has 0 spiro atoms. The van der Waals surface area contributed by atoms with Crippen LogP contribution in [0.2, 0.25) is 0 Å². The van der Waals surface area contributed by atoms with Gasteiger partial charge in [-0.25, -0.2) is 0 Å². The van der Waals surface area contributed by atoms with Gasteiger partial charge in [-0.2, -0.15) is 0 Å². The Morgan fingerprint density at radius 1 is 0.0274 bits per heavy atom. The maximum atomic E-state index is 0. The fourth-order valence-electron chi connectivity index (χ4n) is 0. The van der Waals surface area contributed by atoms with E-state index in [1.165, 1.54) is 0 Å². The molecule has 0 bridgehead atoms. The zero-order chi connectivity index (χ0) is 0. The van der Waals surface area contributed by atoms with Crippen molar-refractivity contribution in [1.82, 2.24) is 0 Å². The van der Waals surface area contributed by atoms with Gasteiger partial charge in [0.25, 0.3) is 0 Å². The minimum Gasteiger partial charge on any atom is -0.0776 e. The van der Waals surface area contributed by atoms with Gasteiger partial charge in [-0.15, -0.1) is 0 Å². The van der Waals surface area contributed by atoms with E-state index in [-0.39, 0.29) is 601 Å². The highest BCUT2D eigenvalue weighted by Crippen LogP contribution is 0.216. The molecular formula is C73H374. The van der Waals surface area contributed by atoms with E-state index in [9.17, 15) is 0 Å². The zero-order valence-corrected chi connectivity index (χ0v) is 0. The summed E-state index contributed by atoms with van der Waals surface area (Å²) in [6.45, 7) is 0. The Labute approximate surface area is 600 Å². The summed E-state index contributed by atoms with van der Waals surface area (Å²) in [5.74, 6) is 0. The van der Waals surface area contributed by atoms with Gasteiger partial charge >= 0.3 is 0 Å². The number of rotatable bonds is 0. The van der Waals surface area contributed by atoms with E-state index in [1.54, 1.807) is 0 Å². The molecule has 0 aromatic heterocycles. The van der Waals surface area contributed by atoms with Crippen LogP contribution in [-0.4, -0.2) is 0 Å². The molecule has 0 saturated heterocycles. The summed E-state index contributed by atoms with van der Waals surface area (Å²) in [6, 6.07) is 0. The van der Waals surface area contributed by atoms with E-state index >= 15 is 0 Å². The van der Waals surface area contributed by atoms with Crippen molar-refractivity contribution in [2.75, 3.05) is 0 Å². The first kappa shape index (κ1) is 0. The van der Waals surface area contributed by atoms with Gasteiger partial charge in [-0.1, -0.05) is 542 Å². The largest absolute Gasteiger partial charge is 0.0776 e. The second-order valence-corrected chi connectivity index (χ2v) is 0. The minimum absolute atomic E-state index is 0. The standard InChI is InChI=1S/73CH4.41H2/h73*1H4;41*1H/i;;;;;;;;;;;;;;;;;;;;;;;;;;;;;;;;;;;;;;;;;;;;;;;;;;;;;;;;;;;;;;;;;;;;;;;;;41*1+2. The van der Waals surface area contributed by atoms with Crippen molar-refractivity contribution < 1.29 is 58.5 Å². The molecule has 0 radical (unpaired) electrons. The second kappa shape index (κ2) is 0. The highest BCUT2D eigenvalue weighted by Gasteiger charge is -0.00556. The molecule has 0 aliphatic rings. The zero-order valence-electron chi connectivity index (χ0n) is 0. The second-order valence-electron chi connectivity index (χ2n) is 0. The number of hydrogen-bond acceptors (Lipinski definition) is 0. The predicted molar refractivity (Wildman–Crippen MR) is 578 cm³/mol. The van der Waals surface area contributed by atoms with Crippen molar-refractivity contribution in [1.29, 1.82) is 0 Å². The van der Waals surface area contributed by atoms with Crippen LogP contribution in [0.15, 0.2) is 0 Å². The van der Waals surface area contributed by atoms with Gasteiger partial charge in [0.15, 0.2) is 0 Å². The molecule has 0 nitrogen and oxygen atoms in total. The van der Waals surface area contributed by atoms with Gasteiger partial charge in [0.2, 0.25) is 0 Å². The van der Waals surface area contributed by atoms with E-state index in [1.807, 2.05) is 0 Å². The van der Waals surface area contributed by atoms with Crippen LogP contribution in [0.4, 0.5) is 0 Å². The lowest BCUT2D eigenvalue weighted by Gasteiger charge is -0.0786. The van der Waals surface area contributed by atoms with Crippen molar-refractivity contribution in [3.63, 3.8) is 0 Å². The highest BCUT2D eigenvalue weighted by atomic mass is 12.1. The first-order valence-electron chi connectivity index (χ1n) is 0. The topological polar surface area (TPSA) is 0 Å². The molecule has 0 N–H and O–H groups in total. The van der Waals surface area contributed by atoms with Crippen molar-refractivity contribution in [2.24, 2.45) is 0 Å². The molecule has 0 aliphatic heterocycles. The van der Waals surface area contributed by atoms with Crippen molar-refractivity contribution in [3.05, 3.63) is 0 Å². The fourth-order valence-corrected chi connectivity index (χ4v) is 0. The maximum Gasteiger partial charge on any atom is 0 e. The molecule has 0 rings (SSSR count). The molecule has 0 fully saturated rings. The summed E-state index contributed by atoms with van der Waals surface area (Å²) in [5.41, 5.74) is 0. The Bertz CT molecular complexity index is 107. The average Bonchev–Trinajstić information content (AvgIpc) is 0. The third-order valence-electron chi connectivity index (χ3n) is 0. The van der Waals surface area contributed by atoms with Crippen molar-refractivity contribution >= 4 is 0 Å². The lowest BCUT2D eigenvalue weighted by atomic mass is 12.0. The van der Waals surface area contributed by atoms with Crippen LogP contribution in [0.1, 0.15) is 601 Å². The molecule has 73 heavy (non-hydrogen) atoms.